The van der Waals surface area contributed by atoms with Gasteiger partial charge in [0, 0.05) is 12.7 Å². The number of methoxy groups -OCH3 is 1. The van der Waals surface area contributed by atoms with Crippen LogP contribution in [0.2, 0.25) is 5.02 Å². The Hall–Kier alpha value is -0.800. The van der Waals surface area contributed by atoms with Crippen molar-refractivity contribution in [1.29, 1.82) is 0 Å². The van der Waals surface area contributed by atoms with Crippen LogP contribution in [0, 0.1) is 13.8 Å². The average Bonchev–Trinajstić information content (AvgIpc) is 2.09. The summed E-state index contributed by atoms with van der Waals surface area (Å²) >= 11 is 5.95. The van der Waals surface area contributed by atoms with E-state index in [-0.39, 0.29) is 5.75 Å². The van der Waals surface area contributed by atoms with Crippen LogP contribution in [0.5, 0.6) is 5.75 Å². The van der Waals surface area contributed by atoms with Crippen molar-refractivity contribution in [2.45, 2.75) is 20.5 Å². The molecule has 0 unspecified atom stereocenters. The largest absolute Gasteiger partial charge is 0.506 e. The SMILES string of the molecule is COCc1c(O)c(C)nc(C)c1Cl. The number of hydrogen-bond donors (Lipinski definition) is 1. The molecule has 0 aliphatic rings. The highest BCUT2D eigenvalue weighted by Crippen LogP contribution is 2.30. The smallest absolute Gasteiger partial charge is 0.143 e. The molecule has 13 heavy (non-hydrogen) atoms. The van der Waals surface area contributed by atoms with E-state index in [9.17, 15) is 5.11 Å². The van der Waals surface area contributed by atoms with Crippen LogP contribution in [-0.4, -0.2) is 17.2 Å². The number of nitrogens with zero attached hydrogens (tertiary/aromatic N) is 1. The highest BCUT2D eigenvalue weighted by Gasteiger charge is 2.12. The number of aryl methyl sites for hydroxylation is 2. The van der Waals surface area contributed by atoms with Crippen molar-refractivity contribution in [3.8, 4) is 5.75 Å². The fourth-order valence-electron chi connectivity index (χ4n) is 1.17. The van der Waals surface area contributed by atoms with Crippen LogP contribution >= 0.6 is 11.6 Å². The first kappa shape index (κ1) is 10.3. The van der Waals surface area contributed by atoms with Gasteiger partial charge in [-0.05, 0) is 13.8 Å². The van der Waals surface area contributed by atoms with Crippen LogP contribution in [0.1, 0.15) is 17.0 Å². The standard InChI is InChI=1S/C9H12ClNO2/c1-5-8(10)7(4-13-3)9(12)6(2)11-5/h12H,4H2,1-3H3. The third-order valence-corrected chi connectivity index (χ3v) is 2.34. The third kappa shape index (κ3) is 1.92. The van der Waals surface area contributed by atoms with Crippen molar-refractivity contribution in [2.24, 2.45) is 0 Å². The van der Waals surface area contributed by atoms with E-state index in [4.69, 9.17) is 16.3 Å². The molecule has 4 heteroatoms. The Morgan fingerprint density at radius 3 is 2.54 bits per heavy atom. The van der Waals surface area contributed by atoms with E-state index < -0.39 is 0 Å². The average molecular weight is 202 g/mol. The molecule has 1 aromatic heterocycles. The molecule has 0 amide bonds. The Morgan fingerprint density at radius 1 is 1.38 bits per heavy atom. The lowest BCUT2D eigenvalue weighted by Gasteiger charge is -2.10. The first-order valence-corrected chi connectivity index (χ1v) is 4.29. The zero-order chi connectivity index (χ0) is 10.0. The number of halogens is 1. The van der Waals surface area contributed by atoms with Crippen LogP contribution in [0.4, 0.5) is 0 Å². The molecule has 0 atom stereocenters. The van der Waals surface area contributed by atoms with Crippen molar-refractivity contribution < 1.29 is 9.84 Å². The summed E-state index contributed by atoms with van der Waals surface area (Å²) in [6.45, 7) is 3.83. The second-order valence-electron chi connectivity index (χ2n) is 2.86. The molecule has 3 nitrogen and oxygen atoms in total. The van der Waals surface area contributed by atoms with Crippen LogP contribution in [-0.2, 0) is 11.3 Å². The first-order chi connectivity index (χ1) is 6.07. The summed E-state index contributed by atoms with van der Waals surface area (Å²) in [5.74, 6) is 0.123. The summed E-state index contributed by atoms with van der Waals surface area (Å²) in [4.78, 5) is 4.08. The lowest BCUT2D eigenvalue weighted by molar-refractivity contribution is 0.181. The number of ether oxygens (including phenoxy) is 1. The van der Waals surface area contributed by atoms with Crippen LogP contribution < -0.4 is 0 Å². The van der Waals surface area contributed by atoms with Gasteiger partial charge in [-0.3, -0.25) is 4.98 Å². The van der Waals surface area contributed by atoms with Gasteiger partial charge in [0.1, 0.15) is 5.75 Å². The molecule has 0 aromatic carbocycles. The zero-order valence-electron chi connectivity index (χ0n) is 7.89. The lowest BCUT2D eigenvalue weighted by atomic mass is 10.2. The van der Waals surface area contributed by atoms with Gasteiger partial charge in [0.05, 0.1) is 23.0 Å². The van der Waals surface area contributed by atoms with Gasteiger partial charge in [0.2, 0.25) is 0 Å². The number of hydrogen-bond acceptors (Lipinski definition) is 3. The quantitative estimate of drug-likeness (QED) is 0.798. The van der Waals surface area contributed by atoms with Gasteiger partial charge in [0.25, 0.3) is 0 Å². The van der Waals surface area contributed by atoms with Crippen LogP contribution in [0.25, 0.3) is 0 Å². The fourth-order valence-corrected chi connectivity index (χ4v) is 1.36. The van der Waals surface area contributed by atoms with E-state index in [1.165, 1.54) is 0 Å². The van der Waals surface area contributed by atoms with E-state index >= 15 is 0 Å². The van der Waals surface area contributed by atoms with Gasteiger partial charge >= 0.3 is 0 Å². The van der Waals surface area contributed by atoms with E-state index in [1.54, 1.807) is 21.0 Å². The predicted octanol–water partition coefficient (Wildman–Crippen LogP) is 2.20. The lowest BCUT2D eigenvalue weighted by Crippen LogP contribution is -1.97. The van der Waals surface area contributed by atoms with Crippen molar-refractivity contribution in [1.82, 2.24) is 4.98 Å². The van der Waals surface area contributed by atoms with E-state index in [1.807, 2.05) is 0 Å². The highest BCUT2D eigenvalue weighted by molar-refractivity contribution is 6.32. The molecule has 72 valence electrons. The maximum Gasteiger partial charge on any atom is 0.143 e. The summed E-state index contributed by atoms with van der Waals surface area (Å²) in [5.41, 5.74) is 1.90. The van der Waals surface area contributed by atoms with Gasteiger partial charge in [0.15, 0.2) is 0 Å². The fraction of sp³-hybridized carbons (Fsp3) is 0.444. The summed E-state index contributed by atoms with van der Waals surface area (Å²) in [6, 6.07) is 0. The molecule has 0 saturated heterocycles. The molecule has 1 N–H and O–H groups in total. The second-order valence-corrected chi connectivity index (χ2v) is 3.23. The van der Waals surface area contributed by atoms with E-state index in [0.717, 1.165) is 0 Å². The molecule has 1 rings (SSSR count). The molecule has 0 radical (unpaired) electrons. The monoisotopic (exact) mass is 201 g/mol. The molecule has 0 fully saturated rings. The zero-order valence-corrected chi connectivity index (χ0v) is 8.64. The Labute approximate surface area is 82.3 Å². The summed E-state index contributed by atoms with van der Waals surface area (Å²) in [5, 5.41) is 10.1. The topological polar surface area (TPSA) is 42.4 Å². The van der Waals surface area contributed by atoms with Crippen LogP contribution in [0.15, 0.2) is 0 Å². The second kappa shape index (κ2) is 3.94. The molecule has 0 bridgehead atoms. The highest BCUT2D eigenvalue weighted by atomic mass is 35.5. The Balaban J connectivity index is 3.28. The van der Waals surface area contributed by atoms with Crippen LogP contribution in [0.3, 0.4) is 0 Å². The molecular weight excluding hydrogens is 190 g/mol. The van der Waals surface area contributed by atoms with Gasteiger partial charge in [-0.15, -0.1) is 0 Å². The molecule has 1 heterocycles. The van der Waals surface area contributed by atoms with Crippen molar-refractivity contribution in [3.63, 3.8) is 0 Å². The molecule has 0 saturated carbocycles. The number of aromatic nitrogens is 1. The molecule has 0 aliphatic heterocycles. The van der Waals surface area contributed by atoms with Gasteiger partial charge in [-0.25, -0.2) is 0 Å². The molecule has 1 aromatic rings. The van der Waals surface area contributed by atoms with E-state index in [2.05, 4.69) is 4.98 Å². The summed E-state index contributed by atoms with van der Waals surface area (Å²) < 4.78 is 4.93. The number of pyridine rings is 1. The summed E-state index contributed by atoms with van der Waals surface area (Å²) in [6.07, 6.45) is 0. The predicted molar refractivity (Wildman–Crippen MR) is 51.1 cm³/mol. The molecule has 0 aliphatic carbocycles. The minimum Gasteiger partial charge on any atom is -0.506 e. The van der Waals surface area contributed by atoms with Crippen molar-refractivity contribution >= 4 is 11.6 Å². The Kier molecular flexibility index (Phi) is 3.12. The van der Waals surface area contributed by atoms with Gasteiger partial charge in [-0.2, -0.15) is 0 Å². The maximum atomic E-state index is 9.61. The Morgan fingerprint density at radius 2 is 2.00 bits per heavy atom. The minimum atomic E-state index is 0.123. The third-order valence-electron chi connectivity index (χ3n) is 1.84. The van der Waals surface area contributed by atoms with Crippen molar-refractivity contribution in [2.75, 3.05) is 7.11 Å². The Bertz CT molecular complexity index is 300. The number of aromatic hydroxyl groups is 1. The maximum absolute atomic E-state index is 9.61. The molecular formula is C9H12ClNO2. The van der Waals surface area contributed by atoms with Gasteiger partial charge in [-0.1, -0.05) is 11.6 Å². The normalized spacial score (nSPS) is 10.5. The first-order valence-electron chi connectivity index (χ1n) is 3.91. The van der Waals surface area contributed by atoms with Crippen molar-refractivity contribution in [3.05, 3.63) is 22.0 Å². The van der Waals surface area contributed by atoms with E-state index in [0.29, 0.717) is 28.6 Å². The minimum absolute atomic E-state index is 0.123. The molecule has 0 spiro atoms. The van der Waals surface area contributed by atoms with Gasteiger partial charge < -0.3 is 9.84 Å². The number of rotatable bonds is 2. The summed E-state index contributed by atoms with van der Waals surface area (Å²) in [7, 11) is 1.56.